The van der Waals surface area contributed by atoms with E-state index in [2.05, 4.69) is 19.9 Å². The van der Waals surface area contributed by atoms with E-state index in [1.165, 1.54) is 76.4 Å². The van der Waals surface area contributed by atoms with E-state index in [0.29, 0.717) is 0 Å². The molecule has 0 saturated heterocycles. The van der Waals surface area contributed by atoms with Crippen LogP contribution in [-0.4, -0.2) is 7.11 Å². The molecule has 0 amide bonds. The van der Waals surface area contributed by atoms with E-state index in [1.54, 1.807) is 7.11 Å². The lowest BCUT2D eigenvalue weighted by Crippen LogP contribution is -1.87. The molecule has 0 bridgehead atoms. The molecule has 1 nitrogen and oxygen atoms in total. The molecule has 0 atom stereocenters. The Bertz CT molecular complexity index is 184. The summed E-state index contributed by atoms with van der Waals surface area (Å²) in [5.41, 5.74) is 0. The van der Waals surface area contributed by atoms with E-state index < -0.39 is 0 Å². The van der Waals surface area contributed by atoms with Crippen LogP contribution >= 0.6 is 0 Å². The number of ether oxygens (including phenoxy) is 1. The summed E-state index contributed by atoms with van der Waals surface area (Å²) in [5.74, 6) is 1.19. The molecule has 0 spiro atoms. The first kappa shape index (κ1) is 17.5. The molecule has 0 aliphatic heterocycles. The highest BCUT2D eigenvalue weighted by Gasteiger charge is 1.95. The van der Waals surface area contributed by atoms with Gasteiger partial charge in [-0.2, -0.15) is 0 Å². The van der Waals surface area contributed by atoms with Crippen molar-refractivity contribution in [1.29, 1.82) is 0 Å². The molecule has 0 aromatic heterocycles. The van der Waals surface area contributed by atoms with Gasteiger partial charge in [-0.25, -0.2) is 0 Å². The summed E-state index contributed by atoms with van der Waals surface area (Å²) in [6, 6.07) is 0. The number of allylic oxidation sites excluding steroid dienone is 2. The van der Waals surface area contributed by atoms with Crippen LogP contribution in [0, 0.1) is 0 Å². The first-order chi connectivity index (χ1) is 8.85. The zero-order valence-corrected chi connectivity index (χ0v) is 13.0. The lowest BCUT2D eigenvalue weighted by Gasteiger charge is -2.05. The van der Waals surface area contributed by atoms with Gasteiger partial charge in [0.15, 0.2) is 0 Å². The first-order valence-electron chi connectivity index (χ1n) is 8.08. The van der Waals surface area contributed by atoms with Crippen LogP contribution in [0.15, 0.2) is 11.8 Å². The van der Waals surface area contributed by atoms with E-state index in [-0.39, 0.29) is 0 Å². The average molecular weight is 254 g/mol. The van der Waals surface area contributed by atoms with Crippen molar-refractivity contribution in [2.24, 2.45) is 0 Å². The van der Waals surface area contributed by atoms with Crippen molar-refractivity contribution in [3.63, 3.8) is 0 Å². The van der Waals surface area contributed by atoms with Gasteiger partial charge < -0.3 is 4.74 Å². The minimum Gasteiger partial charge on any atom is -0.501 e. The second-order valence-electron chi connectivity index (χ2n) is 5.24. The van der Waals surface area contributed by atoms with E-state index in [9.17, 15) is 0 Å². The van der Waals surface area contributed by atoms with Crippen molar-refractivity contribution >= 4 is 0 Å². The summed E-state index contributed by atoms with van der Waals surface area (Å²) in [4.78, 5) is 0. The van der Waals surface area contributed by atoms with Crippen LogP contribution in [-0.2, 0) is 4.74 Å². The molecule has 0 fully saturated rings. The van der Waals surface area contributed by atoms with Crippen molar-refractivity contribution in [3.05, 3.63) is 11.8 Å². The average Bonchev–Trinajstić information content (AvgIpc) is 2.40. The minimum absolute atomic E-state index is 1.12. The van der Waals surface area contributed by atoms with Crippen molar-refractivity contribution < 1.29 is 4.74 Å². The normalized spacial score (nSPS) is 11.8. The maximum absolute atomic E-state index is 5.39. The van der Waals surface area contributed by atoms with E-state index in [1.807, 2.05) is 0 Å². The maximum atomic E-state index is 5.39. The van der Waals surface area contributed by atoms with Gasteiger partial charge in [0.1, 0.15) is 0 Å². The topological polar surface area (TPSA) is 9.23 Å². The lowest BCUT2D eigenvalue weighted by atomic mass is 10.1. The van der Waals surface area contributed by atoms with Gasteiger partial charge >= 0.3 is 0 Å². The summed E-state index contributed by atoms with van der Waals surface area (Å²) in [7, 11) is 1.80. The highest BCUT2D eigenvalue weighted by atomic mass is 16.5. The molecule has 0 radical (unpaired) electrons. The number of hydrogen-bond acceptors (Lipinski definition) is 1. The third-order valence-corrected chi connectivity index (χ3v) is 3.47. The van der Waals surface area contributed by atoms with Crippen molar-refractivity contribution in [3.8, 4) is 0 Å². The van der Waals surface area contributed by atoms with E-state index in [0.717, 1.165) is 6.42 Å². The predicted molar refractivity (Wildman–Crippen MR) is 81.8 cm³/mol. The Morgan fingerprint density at radius 3 is 1.89 bits per heavy atom. The molecular weight excluding hydrogens is 220 g/mol. The second kappa shape index (κ2) is 14.6. The zero-order valence-electron chi connectivity index (χ0n) is 13.0. The van der Waals surface area contributed by atoms with Crippen molar-refractivity contribution in [2.75, 3.05) is 7.11 Å². The van der Waals surface area contributed by atoms with E-state index in [4.69, 9.17) is 4.74 Å². The van der Waals surface area contributed by atoms with Gasteiger partial charge in [0.25, 0.3) is 0 Å². The molecule has 0 aliphatic carbocycles. The minimum atomic E-state index is 1.12. The Morgan fingerprint density at radius 2 is 1.33 bits per heavy atom. The Kier molecular flexibility index (Phi) is 14.2. The predicted octanol–water partition coefficient (Wildman–Crippen LogP) is 6.24. The van der Waals surface area contributed by atoms with E-state index >= 15 is 0 Å². The molecular formula is C17H34O. The maximum Gasteiger partial charge on any atom is 0.0915 e. The highest BCUT2D eigenvalue weighted by molar-refractivity contribution is 4.92. The summed E-state index contributed by atoms with van der Waals surface area (Å²) >= 11 is 0. The summed E-state index contributed by atoms with van der Waals surface area (Å²) in [5, 5.41) is 0. The first-order valence-corrected chi connectivity index (χ1v) is 8.08. The standard InChI is InChI=1S/C17H34O/c1-4-6-8-9-10-11-12-13-14-16-17(18-3)15-7-5-2/h16H,4-15H2,1-3H3. The number of methoxy groups -OCH3 is 1. The molecule has 0 aromatic rings. The third kappa shape index (κ3) is 12.0. The highest BCUT2D eigenvalue weighted by Crippen LogP contribution is 2.13. The van der Waals surface area contributed by atoms with Crippen LogP contribution in [0.3, 0.4) is 0 Å². The molecule has 0 aromatic carbocycles. The number of hydrogen-bond donors (Lipinski definition) is 0. The van der Waals surface area contributed by atoms with Gasteiger partial charge in [-0.05, 0) is 25.3 Å². The Hall–Kier alpha value is -0.460. The Balaban J connectivity index is 3.33. The quantitative estimate of drug-likeness (QED) is 0.279. The smallest absolute Gasteiger partial charge is 0.0915 e. The van der Waals surface area contributed by atoms with Gasteiger partial charge in [-0.3, -0.25) is 0 Å². The molecule has 0 heterocycles. The monoisotopic (exact) mass is 254 g/mol. The summed E-state index contributed by atoms with van der Waals surface area (Å²) in [6.07, 6.45) is 18.3. The molecule has 0 unspecified atom stereocenters. The van der Waals surface area contributed by atoms with Gasteiger partial charge in [0, 0.05) is 6.42 Å². The van der Waals surface area contributed by atoms with Crippen LogP contribution < -0.4 is 0 Å². The fraction of sp³-hybridized carbons (Fsp3) is 0.882. The number of rotatable bonds is 13. The summed E-state index contributed by atoms with van der Waals surface area (Å²) < 4.78 is 5.39. The van der Waals surface area contributed by atoms with Gasteiger partial charge in [-0.15, -0.1) is 0 Å². The molecule has 0 N–H and O–H groups in total. The Labute approximate surface area is 115 Å². The van der Waals surface area contributed by atoms with Crippen LogP contribution in [0.4, 0.5) is 0 Å². The largest absolute Gasteiger partial charge is 0.501 e. The molecule has 0 saturated carbocycles. The number of unbranched alkanes of at least 4 members (excludes halogenated alkanes) is 9. The van der Waals surface area contributed by atoms with Crippen LogP contribution in [0.1, 0.15) is 90.9 Å². The second-order valence-corrected chi connectivity index (χ2v) is 5.24. The fourth-order valence-electron chi connectivity index (χ4n) is 2.18. The SMILES string of the molecule is CCCCCCCCCCC=C(CCCC)OC. The van der Waals surface area contributed by atoms with Gasteiger partial charge in [-0.1, -0.05) is 65.2 Å². The third-order valence-electron chi connectivity index (χ3n) is 3.47. The molecule has 108 valence electrons. The molecule has 1 heteroatoms. The Morgan fingerprint density at radius 1 is 0.778 bits per heavy atom. The summed E-state index contributed by atoms with van der Waals surface area (Å²) in [6.45, 7) is 4.50. The van der Waals surface area contributed by atoms with Gasteiger partial charge in [0.05, 0.1) is 12.9 Å². The zero-order chi connectivity index (χ0) is 13.5. The fourth-order valence-corrected chi connectivity index (χ4v) is 2.18. The van der Waals surface area contributed by atoms with Crippen LogP contribution in [0.5, 0.6) is 0 Å². The van der Waals surface area contributed by atoms with Gasteiger partial charge in [0.2, 0.25) is 0 Å². The molecule has 0 aliphatic rings. The molecule has 18 heavy (non-hydrogen) atoms. The van der Waals surface area contributed by atoms with Crippen molar-refractivity contribution in [1.82, 2.24) is 0 Å². The van der Waals surface area contributed by atoms with Crippen molar-refractivity contribution in [2.45, 2.75) is 90.9 Å². The van der Waals surface area contributed by atoms with Crippen LogP contribution in [0.2, 0.25) is 0 Å². The lowest BCUT2D eigenvalue weighted by molar-refractivity contribution is 0.272. The van der Waals surface area contributed by atoms with Crippen LogP contribution in [0.25, 0.3) is 0 Å². The molecule has 0 rings (SSSR count).